The van der Waals surface area contributed by atoms with E-state index in [0.29, 0.717) is 12.0 Å². The SMILES string of the molecule is CC(C)CC#CCCNC(C)C. The Morgan fingerprint density at radius 2 is 1.75 bits per heavy atom. The summed E-state index contributed by atoms with van der Waals surface area (Å²) in [4.78, 5) is 0. The molecular weight excluding hydrogens is 146 g/mol. The number of rotatable bonds is 4. The van der Waals surface area contributed by atoms with Gasteiger partial charge in [0, 0.05) is 25.4 Å². The molecular formula is C11H21N. The standard InChI is InChI=1S/C11H21N/c1-10(2)8-6-5-7-9-12-11(3)4/h10-12H,7-9H2,1-4H3. The lowest BCUT2D eigenvalue weighted by Gasteiger charge is -2.03. The van der Waals surface area contributed by atoms with E-state index in [1.165, 1.54) is 0 Å². The molecule has 70 valence electrons. The second-order valence-corrected chi connectivity index (χ2v) is 3.81. The summed E-state index contributed by atoms with van der Waals surface area (Å²) in [5, 5.41) is 3.33. The summed E-state index contributed by atoms with van der Waals surface area (Å²) in [6, 6.07) is 0.580. The quantitative estimate of drug-likeness (QED) is 0.501. The van der Waals surface area contributed by atoms with Gasteiger partial charge >= 0.3 is 0 Å². The highest BCUT2D eigenvalue weighted by Gasteiger charge is 1.88. The summed E-state index contributed by atoms with van der Waals surface area (Å²) in [6.07, 6.45) is 2.01. The van der Waals surface area contributed by atoms with Gasteiger partial charge in [0.15, 0.2) is 0 Å². The van der Waals surface area contributed by atoms with E-state index in [9.17, 15) is 0 Å². The third-order valence-corrected chi connectivity index (χ3v) is 1.44. The summed E-state index contributed by atoms with van der Waals surface area (Å²) >= 11 is 0. The van der Waals surface area contributed by atoms with Gasteiger partial charge in [0.25, 0.3) is 0 Å². The fourth-order valence-corrected chi connectivity index (χ4v) is 0.788. The Morgan fingerprint density at radius 1 is 1.08 bits per heavy atom. The van der Waals surface area contributed by atoms with Crippen molar-refractivity contribution in [3.8, 4) is 11.8 Å². The average Bonchev–Trinajstić information content (AvgIpc) is 1.95. The summed E-state index contributed by atoms with van der Waals surface area (Å²) in [5.41, 5.74) is 0. The molecule has 0 amide bonds. The third-order valence-electron chi connectivity index (χ3n) is 1.44. The minimum absolute atomic E-state index is 0.580. The van der Waals surface area contributed by atoms with Crippen molar-refractivity contribution in [1.29, 1.82) is 0 Å². The van der Waals surface area contributed by atoms with Gasteiger partial charge in [-0.05, 0) is 5.92 Å². The summed E-state index contributed by atoms with van der Waals surface area (Å²) < 4.78 is 0. The number of nitrogens with one attached hydrogen (secondary N) is 1. The molecule has 0 aromatic rings. The van der Waals surface area contributed by atoms with Crippen LogP contribution in [0.4, 0.5) is 0 Å². The van der Waals surface area contributed by atoms with E-state index in [-0.39, 0.29) is 0 Å². The van der Waals surface area contributed by atoms with Crippen LogP contribution in [0.3, 0.4) is 0 Å². The maximum Gasteiger partial charge on any atom is 0.0214 e. The molecule has 0 spiro atoms. The van der Waals surface area contributed by atoms with Crippen LogP contribution >= 0.6 is 0 Å². The molecule has 1 N–H and O–H groups in total. The summed E-state index contributed by atoms with van der Waals surface area (Å²) in [6.45, 7) is 9.72. The van der Waals surface area contributed by atoms with Crippen molar-refractivity contribution in [1.82, 2.24) is 5.32 Å². The molecule has 0 fully saturated rings. The molecule has 0 aromatic heterocycles. The first kappa shape index (κ1) is 11.5. The Balaban J connectivity index is 3.22. The Bertz CT molecular complexity index is 148. The summed E-state index contributed by atoms with van der Waals surface area (Å²) in [7, 11) is 0. The second-order valence-electron chi connectivity index (χ2n) is 3.81. The molecule has 0 bridgehead atoms. The first-order valence-electron chi connectivity index (χ1n) is 4.82. The van der Waals surface area contributed by atoms with Crippen molar-refractivity contribution in [3.63, 3.8) is 0 Å². The van der Waals surface area contributed by atoms with E-state index >= 15 is 0 Å². The third kappa shape index (κ3) is 9.52. The predicted octanol–water partition coefficient (Wildman–Crippen LogP) is 2.42. The Hall–Kier alpha value is -0.480. The van der Waals surface area contributed by atoms with Crippen molar-refractivity contribution in [2.45, 2.75) is 46.6 Å². The number of hydrogen-bond acceptors (Lipinski definition) is 1. The maximum atomic E-state index is 3.33. The van der Waals surface area contributed by atoms with Gasteiger partial charge in [0.05, 0.1) is 0 Å². The molecule has 0 saturated heterocycles. The molecule has 0 heterocycles. The fraction of sp³-hybridized carbons (Fsp3) is 0.818. The van der Waals surface area contributed by atoms with E-state index in [1.807, 2.05) is 0 Å². The Labute approximate surface area is 76.9 Å². The Kier molecular flexibility index (Phi) is 6.90. The normalized spacial score (nSPS) is 10.2. The molecule has 0 aliphatic heterocycles. The molecule has 12 heavy (non-hydrogen) atoms. The zero-order chi connectivity index (χ0) is 9.40. The number of hydrogen-bond donors (Lipinski definition) is 1. The van der Waals surface area contributed by atoms with Gasteiger partial charge in [-0.2, -0.15) is 0 Å². The minimum Gasteiger partial charge on any atom is -0.314 e. The van der Waals surface area contributed by atoms with Gasteiger partial charge in [-0.3, -0.25) is 0 Å². The van der Waals surface area contributed by atoms with Crippen molar-refractivity contribution in [3.05, 3.63) is 0 Å². The lowest BCUT2D eigenvalue weighted by molar-refractivity contribution is 0.597. The summed E-state index contributed by atoms with van der Waals surface area (Å²) in [5.74, 6) is 7.03. The van der Waals surface area contributed by atoms with Crippen LogP contribution in [0.5, 0.6) is 0 Å². The van der Waals surface area contributed by atoms with Gasteiger partial charge in [0.1, 0.15) is 0 Å². The Morgan fingerprint density at radius 3 is 2.25 bits per heavy atom. The second kappa shape index (κ2) is 7.18. The smallest absolute Gasteiger partial charge is 0.0214 e. The highest BCUT2D eigenvalue weighted by Crippen LogP contribution is 1.95. The van der Waals surface area contributed by atoms with Crippen LogP contribution in [0.25, 0.3) is 0 Å². The zero-order valence-corrected chi connectivity index (χ0v) is 8.78. The molecule has 0 saturated carbocycles. The van der Waals surface area contributed by atoms with E-state index in [0.717, 1.165) is 19.4 Å². The molecule has 0 aliphatic carbocycles. The van der Waals surface area contributed by atoms with Crippen LogP contribution in [0.2, 0.25) is 0 Å². The maximum absolute atomic E-state index is 3.33. The predicted molar refractivity (Wildman–Crippen MR) is 55.0 cm³/mol. The monoisotopic (exact) mass is 167 g/mol. The van der Waals surface area contributed by atoms with Gasteiger partial charge < -0.3 is 5.32 Å². The molecule has 0 aromatic carbocycles. The first-order chi connectivity index (χ1) is 5.63. The van der Waals surface area contributed by atoms with Crippen LogP contribution in [0.15, 0.2) is 0 Å². The molecule has 0 atom stereocenters. The van der Waals surface area contributed by atoms with Gasteiger partial charge in [0.2, 0.25) is 0 Å². The molecule has 1 heteroatoms. The van der Waals surface area contributed by atoms with Crippen LogP contribution in [0, 0.1) is 17.8 Å². The van der Waals surface area contributed by atoms with Crippen molar-refractivity contribution >= 4 is 0 Å². The largest absolute Gasteiger partial charge is 0.314 e. The van der Waals surface area contributed by atoms with Gasteiger partial charge in [-0.25, -0.2) is 0 Å². The van der Waals surface area contributed by atoms with Crippen molar-refractivity contribution < 1.29 is 0 Å². The van der Waals surface area contributed by atoms with Crippen LogP contribution in [-0.2, 0) is 0 Å². The molecule has 0 aliphatic rings. The minimum atomic E-state index is 0.580. The highest BCUT2D eigenvalue weighted by atomic mass is 14.9. The van der Waals surface area contributed by atoms with Gasteiger partial charge in [-0.1, -0.05) is 27.7 Å². The highest BCUT2D eigenvalue weighted by molar-refractivity contribution is 4.99. The lowest BCUT2D eigenvalue weighted by atomic mass is 10.1. The van der Waals surface area contributed by atoms with Crippen molar-refractivity contribution in [2.75, 3.05) is 6.54 Å². The molecule has 0 rings (SSSR count). The molecule has 0 unspecified atom stereocenters. The first-order valence-corrected chi connectivity index (χ1v) is 4.82. The van der Waals surface area contributed by atoms with E-state index in [2.05, 4.69) is 44.9 Å². The molecule has 1 nitrogen and oxygen atoms in total. The topological polar surface area (TPSA) is 12.0 Å². The fourth-order valence-electron chi connectivity index (χ4n) is 0.788. The average molecular weight is 167 g/mol. The zero-order valence-electron chi connectivity index (χ0n) is 8.78. The lowest BCUT2D eigenvalue weighted by Crippen LogP contribution is -2.23. The van der Waals surface area contributed by atoms with E-state index < -0.39 is 0 Å². The van der Waals surface area contributed by atoms with Gasteiger partial charge in [-0.15, -0.1) is 11.8 Å². The van der Waals surface area contributed by atoms with E-state index in [1.54, 1.807) is 0 Å². The van der Waals surface area contributed by atoms with Crippen LogP contribution in [-0.4, -0.2) is 12.6 Å². The van der Waals surface area contributed by atoms with Crippen molar-refractivity contribution in [2.24, 2.45) is 5.92 Å². The molecule has 0 radical (unpaired) electrons. The van der Waals surface area contributed by atoms with Crippen LogP contribution in [0.1, 0.15) is 40.5 Å². The van der Waals surface area contributed by atoms with E-state index in [4.69, 9.17) is 0 Å². The van der Waals surface area contributed by atoms with Crippen LogP contribution < -0.4 is 5.32 Å².